The number of carboxylic acids is 1. The number of nitrogens with one attached hydrogen (secondary N) is 1. The van der Waals surface area contributed by atoms with Crippen molar-refractivity contribution < 1.29 is 14.3 Å². The van der Waals surface area contributed by atoms with E-state index in [1.54, 1.807) is 0 Å². The van der Waals surface area contributed by atoms with Crippen molar-refractivity contribution >= 4 is 11.8 Å². The molecular formula is C20H18N2O3. The van der Waals surface area contributed by atoms with Crippen LogP contribution in [0.1, 0.15) is 17.7 Å². The fourth-order valence-corrected chi connectivity index (χ4v) is 2.57. The average molecular weight is 334 g/mol. The molecule has 0 saturated carbocycles. The van der Waals surface area contributed by atoms with Gasteiger partial charge in [-0.15, -0.1) is 0 Å². The molecule has 0 aliphatic rings. The first-order valence-electron chi connectivity index (χ1n) is 7.89. The molecule has 2 aromatic carbocycles. The van der Waals surface area contributed by atoms with Crippen molar-refractivity contribution in [1.82, 2.24) is 0 Å². The van der Waals surface area contributed by atoms with E-state index in [1.165, 1.54) is 0 Å². The molecule has 0 saturated heterocycles. The Morgan fingerprint density at radius 2 is 1.48 bits per heavy atom. The van der Waals surface area contributed by atoms with Gasteiger partial charge >= 0.3 is 5.97 Å². The number of rotatable bonds is 6. The molecule has 25 heavy (non-hydrogen) atoms. The second kappa shape index (κ2) is 7.05. The van der Waals surface area contributed by atoms with Crippen molar-refractivity contribution in [3.8, 4) is 22.5 Å². The number of hydrogen-bond donors (Lipinski definition) is 3. The molecule has 1 aromatic heterocycles. The molecule has 0 bridgehead atoms. The number of hydrogen-bond acceptors (Lipinski definition) is 3. The fourth-order valence-electron chi connectivity index (χ4n) is 2.57. The Hall–Kier alpha value is -3.34. The first-order valence-corrected chi connectivity index (χ1v) is 7.89. The van der Waals surface area contributed by atoms with Crippen LogP contribution in [-0.4, -0.2) is 16.9 Å². The summed E-state index contributed by atoms with van der Waals surface area (Å²) in [6.07, 6.45) is 0.443. The Morgan fingerprint density at radius 1 is 0.920 bits per heavy atom. The van der Waals surface area contributed by atoms with Gasteiger partial charge in [-0.2, -0.15) is 0 Å². The van der Waals surface area contributed by atoms with E-state index >= 15 is 0 Å². The summed E-state index contributed by atoms with van der Waals surface area (Å²) in [6, 6.07) is 19.1. The van der Waals surface area contributed by atoms with Gasteiger partial charge in [0.15, 0.2) is 0 Å². The van der Waals surface area contributed by atoms with E-state index < -0.39 is 5.97 Å². The van der Waals surface area contributed by atoms with E-state index in [9.17, 15) is 4.79 Å². The van der Waals surface area contributed by atoms with Crippen molar-refractivity contribution in [3.05, 3.63) is 72.0 Å². The molecule has 0 amide bonds. The Bertz CT molecular complexity index is 893. The number of aliphatic carboxylic acids is 1. The number of aryl methyl sites for hydroxylation is 1. The lowest BCUT2D eigenvalue weighted by Gasteiger charge is -2.05. The standard InChI is InChI=1S/C20H18N2O3/c21-20(22)16-7-3-14(4-8-16)13-1-5-15(6-2-13)18-11-9-17(25-18)10-12-19(23)24/h1-9,11H,10,12H2,(H3,21,22)(H,23,24). The van der Waals surface area contributed by atoms with Crippen LogP contribution >= 0.6 is 0 Å². The van der Waals surface area contributed by atoms with Crippen LogP contribution in [0.3, 0.4) is 0 Å². The van der Waals surface area contributed by atoms with Crippen LogP contribution in [0.5, 0.6) is 0 Å². The molecule has 5 heteroatoms. The molecule has 126 valence electrons. The lowest BCUT2D eigenvalue weighted by Crippen LogP contribution is -2.10. The Morgan fingerprint density at radius 3 is 2.04 bits per heavy atom. The third-order valence-electron chi connectivity index (χ3n) is 3.95. The zero-order valence-electron chi connectivity index (χ0n) is 13.5. The van der Waals surface area contributed by atoms with Crippen molar-refractivity contribution in [2.75, 3.05) is 0 Å². The molecule has 0 spiro atoms. The van der Waals surface area contributed by atoms with Crippen molar-refractivity contribution in [2.45, 2.75) is 12.8 Å². The predicted octanol–water partition coefficient (Wildman–Crippen LogP) is 3.91. The number of furan rings is 1. The van der Waals surface area contributed by atoms with Gasteiger partial charge in [0.05, 0.1) is 6.42 Å². The number of amidine groups is 1. The predicted molar refractivity (Wildman–Crippen MR) is 96.6 cm³/mol. The van der Waals surface area contributed by atoms with Gasteiger partial charge in [0.2, 0.25) is 0 Å². The van der Waals surface area contributed by atoms with E-state index in [-0.39, 0.29) is 12.3 Å². The molecule has 1 heterocycles. The van der Waals surface area contributed by atoms with Gasteiger partial charge in [-0.3, -0.25) is 10.2 Å². The molecule has 0 radical (unpaired) electrons. The van der Waals surface area contributed by atoms with E-state index in [0.29, 0.717) is 17.7 Å². The van der Waals surface area contributed by atoms with Crippen LogP contribution < -0.4 is 5.73 Å². The smallest absolute Gasteiger partial charge is 0.303 e. The Kier molecular flexibility index (Phi) is 4.66. The van der Waals surface area contributed by atoms with E-state index in [0.717, 1.165) is 22.5 Å². The molecule has 0 atom stereocenters. The van der Waals surface area contributed by atoms with Gasteiger partial charge in [-0.05, 0) is 23.3 Å². The highest BCUT2D eigenvalue weighted by molar-refractivity contribution is 5.95. The van der Waals surface area contributed by atoms with Gasteiger partial charge < -0.3 is 15.3 Å². The number of carboxylic acid groups (broad SMARTS) is 1. The summed E-state index contributed by atoms with van der Waals surface area (Å²) in [7, 11) is 0. The normalized spacial score (nSPS) is 10.6. The number of nitrogen functional groups attached to an aromatic ring is 1. The summed E-state index contributed by atoms with van der Waals surface area (Å²) in [5.41, 5.74) is 9.19. The van der Waals surface area contributed by atoms with Crippen LogP contribution in [0.2, 0.25) is 0 Å². The maximum Gasteiger partial charge on any atom is 0.303 e. The van der Waals surface area contributed by atoms with Crippen molar-refractivity contribution in [3.63, 3.8) is 0 Å². The zero-order valence-corrected chi connectivity index (χ0v) is 13.5. The first kappa shape index (κ1) is 16.5. The Balaban J connectivity index is 1.76. The quantitative estimate of drug-likeness (QED) is 0.470. The summed E-state index contributed by atoms with van der Waals surface area (Å²) < 4.78 is 5.71. The molecule has 4 N–H and O–H groups in total. The zero-order chi connectivity index (χ0) is 17.8. The second-order valence-electron chi connectivity index (χ2n) is 5.73. The van der Waals surface area contributed by atoms with E-state index in [1.807, 2.05) is 60.7 Å². The number of nitrogens with two attached hydrogens (primary N) is 1. The van der Waals surface area contributed by atoms with Crippen LogP contribution in [-0.2, 0) is 11.2 Å². The molecule has 0 unspecified atom stereocenters. The second-order valence-corrected chi connectivity index (χ2v) is 5.73. The van der Waals surface area contributed by atoms with Crippen LogP contribution in [0.4, 0.5) is 0 Å². The molecular weight excluding hydrogens is 316 g/mol. The third kappa shape index (κ3) is 3.95. The highest BCUT2D eigenvalue weighted by Crippen LogP contribution is 2.27. The lowest BCUT2D eigenvalue weighted by molar-refractivity contribution is -0.137. The third-order valence-corrected chi connectivity index (χ3v) is 3.95. The summed E-state index contributed by atoms with van der Waals surface area (Å²) in [5, 5.41) is 16.1. The van der Waals surface area contributed by atoms with Crippen molar-refractivity contribution in [2.24, 2.45) is 5.73 Å². The summed E-state index contributed by atoms with van der Waals surface area (Å²) in [6.45, 7) is 0. The van der Waals surface area contributed by atoms with Crippen LogP contribution in [0, 0.1) is 5.41 Å². The van der Waals surface area contributed by atoms with Crippen molar-refractivity contribution in [1.29, 1.82) is 5.41 Å². The molecule has 3 rings (SSSR count). The van der Waals surface area contributed by atoms with E-state index in [4.69, 9.17) is 20.7 Å². The summed E-state index contributed by atoms with van der Waals surface area (Å²) >= 11 is 0. The summed E-state index contributed by atoms with van der Waals surface area (Å²) in [4.78, 5) is 10.6. The topological polar surface area (TPSA) is 100 Å². The minimum absolute atomic E-state index is 0.0541. The molecule has 3 aromatic rings. The SMILES string of the molecule is N=C(N)c1ccc(-c2ccc(-c3ccc(CCC(=O)O)o3)cc2)cc1. The van der Waals surface area contributed by atoms with Crippen LogP contribution in [0.15, 0.2) is 65.1 Å². The van der Waals surface area contributed by atoms with Gasteiger partial charge in [0, 0.05) is 17.5 Å². The van der Waals surface area contributed by atoms with E-state index in [2.05, 4.69) is 0 Å². The maximum atomic E-state index is 10.6. The molecule has 0 fully saturated rings. The number of carbonyl (C=O) groups is 1. The highest BCUT2D eigenvalue weighted by atomic mass is 16.4. The Labute approximate surface area is 145 Å². The fraction of sp³-hybridized carbons (Fsp3) is 0.100. The molecule has 5 nitrogen and oxygen atoms in total. The molecule has 0 aliphatic heterocycles. The monoisotopic (exact) mass is 334 g/mol. The number of benzene rings is 2. The van der Waals surface area contributed by atoms with Gasteiger partial charge in [-0.1, -0.05) is 48.5 Å². The van der Waals surface area contributed by atoms with Crippen LogP contribution in [0.25, 0.3) is 22.5 Å². The minimum atomic E-state index is -0.835. The minimum Gasteiger partial charge on any atom is -0.481 e. The first-order chi connectivity index (χ1) is 12.0. The van der Waals surface area contributed by atoms with Gasteiger partial charge in [0.1, 0.15) is 17.4 Å². The average Bonchev–Trinajstić information content (AvgIpc) is 3.09. The van der Waals surface area contributed by atoms with Gasteiger partial charge in [-0.25, -0.2) is 0 Å². The highest BCUT2D eigenvalue weighted by Gasteiger charge is 2.07. The lowest BCUT2D eigenvalue weighted by atomic mass is 10.0. The summed E-state index contributed by atoms with van der Waals surface area (Å²) in [5.74, 6) is 0.608. The molecule has 0 aliphatic carbocycles. The van der Waals surface area contributed by atoms with Gasteiger partial charge in [0.25, 0.3) is 0 Å². The largest absolute Gasteiger partial charge is 0.481 e. The maximum absolute atomic E-state index is 10.6.